The van der Waals surface area contributed by atoms with Gasteiger partial charge in [-0.2, -0.15) is 5.10 Å². The molecule has 0 aromatic heterocycles. The van der Waals surface area contributed by atoms with E-state index in [1.54, 1.807) is 24.3 Å². The smallest absolute Gasteiger partial charge is 0.260 e. The first-order valence-electron chi connectivity index (χ1n) is 11.7. The number of nitrogens with one attached hydrogen (secondary N) is 1. The summed E-state index contributed by atoms with van der Waals surface area (Å²) in [5.74, 6) is 1.19. The van der Waals surface area contributed by atoms with Gasteiger partial charge in [0.2, 0.25) is 10.0 Å². The average Bonchev–Trinajstić information content (AvgIpc) is 2.91. The Balaban J connectivity index is 1.69. The number of anilines is 1. The second kappa shape index (κ2) is 13.3. The highest BCUT2D eigenvalue weighted by molar-refractivity contribution is 7.92. The van der Waals surface area contributed by atoms with Crippen LogP contribution in [0.5, 0.6) is 23.0 Å². The van der Waals surface area contributed by atoms with E-state index in [4.69, 9.17) is 18.9 Å². The quantitative estimate of drug-likeness (QED) is 0.260. The lowest BCUT2D eigenvalue weighted by Gasteiger charge is -2.23. The predicted molar refractivity (Wildman–Crippen MR) is 146 cm³/mol. The van der Waals surface area contributed by atoms with Crippen LogP contribution in [0.2, 0.25) is 0 Å². The number of hydrogen-bond donors (Lipinski definition) is 1. The summed E-state index contributed by atoms with van der Waals surface area (Å²) < 4.78 is 47.9. The summed E-state index contributed by atoms with van der Waals surface area (Å²) in [5, 5.41) is 3.97. The lowest BCUT2D eigenvalue weighted by molar-refractivity contribution is -0.119. The second-order valence-corrected chi connectivity index (χ2v) is 9.92. The van der Waals surface area contributed by atoms with Gasteiger partial charge < -0.3 is 18.9 Å². The van der Waals surface area contributed by atoms with Crippen LogP contribution in [0.15, 0.2) is 71.8 Å². The molecule has 38 heavy (non-hydrogen) atoms. The van der Waals surface area contributed by atoms with E-state index < -0.39 is 22.5 Å². The van der Waals surface area contributed by atoms with Crippen LogP contribution in [0.3, 0.4) is 0 Å². The first kappa shape index (κ1) is 28.3. The number of carbonyl (C=O) groups is 1. The fourth-order valence-corrected chi connectivity index (χ4v) is 4.30. The summed E-state index contributed by atoms with van der Waals surface area (Å²) in [7, 11) is -0.932. The molecule has 3 aromatic carbocycles. The number of methoxy groups -OCH3 is 2. The van der Waals surface area contributed by atoms with Gasteiger partial charge in [0.05, 0.1) is 39.0 Å². The Labute approximate surface area is 222 Å². The molecule has 0 atom stereocenters. The molecule has 0 aliphatic rings. The van der Waals surface area contributed by atoms with Crippen molar-refractivity contribution in [2.24, 2.45) is 5.10 Å². The maximum atomic E-state index is 12.6. The molecule has 0 aliphatic heterocycles. The molecule has 202 valence electrons. The lowest BCUT2D eigenvalue weighted by Crippen LogP contribution is -2.39. The van der Waals surface area contributed by atoms with Crippen LogP contribution >= 0.6 is 0 Å². The average molecular weight is 542 g/mol. The van der Waals surface area contributed by atoms with E-state index in [0.29, 0.717) is 36.0 Å². The third kappa shape index (κ3) is 7.87. The molecule has 0 radical (unpaired) electrons. The van der Waals surface area contributed by atoms with E-state index in [2.05, 4.69) is 10.5 Å². The van der Waals surface area contributed by atoms with E-state index in [1.165, 1.54) is 32.6 Å². The summed E-state index contributed by atoms with van der Waals surface area (Å²) in [6.45, 7) is 2.19. The lowest BCUT2D eigenvalue weighted by atomic mass is 10.2. The molecule has 3 aromatic rings. The number of rotatable bonds is 13. The molecular weight excluding hydrogens is 510 g/mol. The zero-order valence-electron chi connectivity index (χ0n) is 21.7. The Bertz CT molecular complexity index is 1360. The van der Waals surface area contributed by atoms with Crippen LogP contribution in [-0.4, -0.2) is 54.2 Å². The molecule has 0 fully saturated rings. The summed E-state index contributed by atoms with van der Waals surface area (Å²) in [4.78, 5) is 12.6. The van der Waals surface area contributed by atoms with Crippen molar-refractivity contribution in [1.82, 2.24) is 5.43 Å². The SMILES string of the molecule is CCOc1cc(/C=N\NC(=O)CN(c2ccc(OC)cc2OC)S(C)(=O)=O)ccc1OCc1ccccc1. The minimum absolute atomic E-state index is 0.197. The first-order valence-corrected chi connectivity index (χ1v) is 13.5. The summed E-state index contributed by atoms with van der Waals surface area (Å²) in [6.07, 6.45) is 2.43. The Morgan fingerprint density at radius 3 is 2.37 bits per heavy atom. The van der Waals surface area contributed by atoms with Crippen molar-refractivity contribution in [2.45, 2.75) is 13.5 Å². The topological polar surface area (TPSA) is 116 Å². The van der Waals surface area contributed by atoms with Crippen LogP contribution in [0.25, 0.3) is 0 Å². The van der Waals surface area contributed by atoms with Crippen molar-refractivity contribution >= 4 is 27.8 Å². The van der Waals surface area contributed by atoms with E-state index in [-0.39, 0.29) is 11.4 Å². The number of sulfonamides is 1. The molecule has 11 heteroatoms. The Morgan fingerprint density at radius 2 is 1.71 bits per heavy atom. The van der Waals surface area contributed by atoms with Gasteiger partial charge in [-0.25, -0.2) is 13.8 Å². The normalized spacial score (nSPS) is 11.2. The third-order valence-electron chi connectivity index (χ3n) is 5.25. The van der Waals surface area contributed by atoms with Crippen LogP contribution < -0.4 is 28.7 Å². The van der Waals surface area contributed by atoms with Crippen molar-refractivity contribution in [3.8, 4) is 23.0 Å². The number of ether oxygens (including phenoxy) is 4. The van der Waals surface area contributed by atoms with E-state index in [9.17, 15) is 13.2 Å². The monoisotopic (exact) mass is 541 g/mol. The molecule has 0 aliphatic carbocycles. The summed E-state index contributed by atoms with van der Waals surface area (Å²) in [6, 6.07) is 19.7. The molecule has 0 heterocycles. The minimum Gasteiger partial charge on any atom is -0.497 e. The number of nitrogens with zero attached hydrogens (tertiary/aromatic N) is 2. The zero-order valence-corrected chi connectivity index (χ0v) is 22.5. The van der Waals surface area contributed by atoms with Gasteiger partial charge in [0.25, 0.3) is 5.91 Å². The van der Waals surface area contributed by atoms with Crippen LogP contribution in [-0.2, 0) is 21.4 Å². The zero-order chi connectivity index (χ0) is 27.5. The largest absolute Gasteiger partial charge is 0.497 e. The van der Waals surface area contributed by atoms with E-state index in [0.717, 1.165) is 16.1 Å². The highest BCUT2D eigenvalue weighted by Gasteiger charge is 2.24. The van der Waals surface area contributed by atoms with Crippen molar-refractivity contribution in [3.63, 3.8) is 0 Å². The van der Waals surface area contributed by atoms with Gasteiger partial charge in [-0.15, -0.1) is 0 Å². The van der Waals surface area contributed by atoms with Crippen LogP contribution in [0, 0.1) is 0 Å². The molecule has 0 saturated heterocycles. The van der Waals surface area contributed by atoms with Gasteiger partial charge in [-0.1, -0.05) is 30.3 Å². The Morgan fingerprint density at radius 1 is 0.947 bits per heavy atom. The molecule has 3 rings (SSSR count). The Kier molecular flexibility index (Phi) is 9.94. The maximum Gasteiger partial charge on any atom is 0.260 e. The van der Waals surface area contributed by atoms with Gasteiger partial charge in [-0.05, 0) is 48.4 Å². The van der Waals surface area contributed by atoms with Gasteiger partial charge in [0.1, 0.15) is 24.7 Å². The number of hydrogen-bond acceptors (Lipinski definition) is 8. The van der Waals surface area contributed by atoms with Gasteiger partial charge in [-0.3, -0.25) is 9.10 Å². The van der Waals surface area contributed by atoms with Crippen molar-refractivity contribution in [2.75, 3.05) is 37.9 Å². The fourth-order valence-electron chi connectivity index (χ4n) is 3.44. The van der Waals surface area contributed by atoms with Crippen molar-refractivity contribution < 1.29 is 32.2 Å². The van der Waals surface area contributed by atoms with Crippen molar-refractivity contribution in [3.05, 3.63) is 77.9 Å². The maximum absolute atomic E-state index is 12.6. The molecule has 0 saturated carbocycles. The molecule has 1 amide bonds. The predicted octanol–water partition coefficient (Wildman–Crippen LogP) is 3.60. The Hall–Kier alpha value is -4.25. The molecular formula is C27H31N3O7S. The third-order valence-corrected chi connectivity index (χ3v) is 6.38. The van der Waals surface area contributed by atoms with Gasteiger partial charge >= 0.3 is 0 Å². The summed E-state index contributed by atoms with van der Waals surface area (Å²) >= 11 is 0. The molecule has 0 spiro atoms. The minimum atomic E-state index is -3.82. The number of benzene rings is 3. The van der Waals surface area contributed by atoms with Crippen LogP contribution in [0.1, 0.15) is 18.1 Å². The number of amides is 1. The fraction of sp³-hybridized carbons (Fsp3) is 0.259. The molecule has 10 nitrogen and oxygen atoms in total. The summed E-state index contributed by atoms with van der Waals surface area (Å²) in [5.41, 5.74) is 4.24. The van der Waals surface area contributed by atoms with E-state index in [1.807, 2.05) is 37.3 Å². The molecule has 1 N–H and O–H groups in total. The van der Waals surface area contributed by atoms with Gasteiger partial charge in [0, 0.05) is 6.07 Å². The first-order chi connectivity index (χ1) is 18.2. The van der Waals surface area contributed by atoms with Crippen LogP contribution in [0.4, 0.5) is 5.69 Å². The number of hydrazone groups is 1. The highest BCUT2D eigenvalue weighted by Crippen LogP contribution is 2.33. The van der Waals surface area contributed by atoms with E-state index >= 15 is 0 Å². The number of carbonyl (C=O) groups excluding carboxylic acids is 1. The molecule has 0 unspecified atom stereocenters. The van der Waals surface area contributed by atoms with Crippen molar-refractivity contribution in [1.29, 1.82) is 0 Å². The second-order valence-electron chi connectivity index (χ2n) is 8.01. The standard InChI is InChI=1S/C27H31N3O7S/c1-5-36-26-15-21(11-14-24(26)37-19-20-9-7-6-8-10-20)17-28-29-27(31)18-30(38(4,32)33)23-13-12-22(34-2)16-25(23)35-3/h6-17H,5,18-19H2,1-4H3,(H,29,31)/b28-17-. The highest BCUT2D eigenvalue weighted by atomic mass is 32.2. The van der Waals surface area contributed by atoms with Gasteiger partial charge in [0.15, 0.2) is 11.5 Å². The molecule has 0 bridgehead atoms.